The highest BCUT2D eigenvalue weighted by Crippen LogP contribution is 2.36. The summed E-state index contributed by atoms with van der Waals surface area (Å²) in [5.41, 5.74) is 10.2. The van der Waals surface area contributed by atoms with Crippen LogP contribution in [0.2, 0.25) is 5.02 Å². The topological polar surface area (TPSA) is 99.2 Å². The fraction of sp³-hybridized carbons (Fsp3) is 0.348. The first kappa shape index (κ1) is 22.8. The van der Waals surface area contributed by atoms with Gasteiger partial charge < -0.3 is 15.0 Å². The van der Waals surface area contributed by atoms with E-state index < -0.39 is 10.0 Å². The molecule has 1 aromatic heterocycles. The summed E-state index contributed by atoms with van der Waals surface area (Å²) in [5, 5.41) is 0.712. The van der Waals surface area contributed by atoms with Crippen LogP contribution in [0.5, 0.6) is 5.75 Å². The highest BCUT2D eigenvalue weighted by molar-refractivity contribution is 7.89. The van der Waals surface area contributed by atoms with Gasteiger partial charge in [0.1, 0.15) is 12.4 Å². The number of aryl methyl sites for hydroxylation is 2. The van der Waals surface area contributed by atoms with Crippen LogP contribution in [0.3, 0.4) is 0 Å². The predicted molar refractivity (Wildman–Crippen MR) is 125 cm³/mol. The second-order valence-electron chi connectivity index (χ2n) is 8.12. The number of hydrogen-bond donors (Lipinski definition) is 2. The molecule has 4 rings (SSSR count). The van der Waals surface area contributed by atoms with E-state index in [1.165, 1.54) is 29.2 Å². The molecule has 0 saturated heterocycles. The highest BCUT2D eigenvalue weighted by Gasteiger charge is 2.27. The molecule has 2 aromatic carbocycles. The molecule has 0 aliphatic heterocycles. The summed E-state index contributed by atoms with van der Waals surface area (Å²) in [6.45, 7) is 0.350. The van der Waals surface area contributed by atoms with E-state index in [0.29, 0.717) is 5.75 Å². The maximum Gasteiger partial charge on any atom is 0.259 e. The van der Waals surface area contributed by atoms with Crippen molar-refractivity contribution in [3.05, 3.63) is 76.7 Å². The molecule has 7 nitrogen and oxygen atoms in total. The van der Waals surface area contributed by atoms with Crippen molar-refractivity contribution in [3.8, 4) is 5.75 Å². The lowest BCUT2D eigenvalue weighted by Gasteiger charge is -2.32. The van der Waals surface area contributed by atoms with Crippen molar-refractivity contribution in [3.63, 3.8) is 0 Å². The Morgan fingerprint density at radius 3 is 2.75 bits per heavy atom. The van der Waals surface area contributed by atoms with Gasteiger partial charge in [0.05, 0.1) is 6.33 Å². The lowest BCUT2D eigenvalue weighted by atomic mass is 9.76. The molecule has 0 saturated carbocycles. The lowest BCUT2D eigenvalue weighted by molar-refractivity contribution is 0.321. The lowest BCUT2D eigenvalue weighted by Crippen LogP contribution is -2.34. The smallest absolute Gasteiger partial charge is 0.259 e. The Kier molecular flexibility index (Phi) is 6.85. The third-order valence-electron chi connectivity index (χ3n) is 5.77. The van der Waals surface area contributed by atoms with E-state index in [0.717, 1.165) is 24.3 Å². The molecule has 0 amide bonds. The van der Waals surface area contributed by atoms with Gasteiger partial charge in [0.25, 0.3) is 10.0 Å². The largest absolute Gasteiger partial charge is 0.492 e. The number of nitrogens with two attached hydrogens (primary N) is 1. The second kappa shape index (κ2) is 9.62. The van der Waals surface area contributed by atoms with Crippen LogP contribution in [0.1, 0.15) is 29.0 Å². The van der Waals surface area contributed by atoms with Crippen LogP contribution in [0.25, 0.3) is 0 Å². The molecular formula is C23H27ClN4O3S. The van der Waals surface area contributed by atoms with Crippen LogP contribution >= 0.6 is 11.6 Å². The van der Waals surface area contributed by atoms with Gasteiger partial charge in [-0.2, -0.15) is 0 Å². The van der Waals surface area contributed by atoms with Gasteiger partial charge in [-0.15, -0.1) is 0 Å². The summed E-state index contributed by atoms with van der Waals surface area (Å²) in [6.07, 6.45) is 5.62. The van der Waals surface area contributed by atoms with Crippen molar-refractivity contribution in [2.24, 2.45) is 12.8 Å². The molecule has 2 atom stereocenters. The zero-order valence-electron chi connectivity index (χ0n) is 17.9. The standard InChI is InChI=1S/C23H27ClN4O3S/c1-28-14-23(26-15-28)32(29,30)27-10-11-31-19-8-4-17-5-9-22(25)21(20(17)13-19)12-16-2-6-18(24)7-3-16/h2-4,6-8,13-15,21-22,27H,5,9-12,25H2,1H3/t21-,22+/m1/s1. The average molecular weight is 475 g/mol. The Morgan fingerprint density at radius 1 is 1.25 bits per heavy atom. The van der Waals surface area contributed by atoms with Gasteiger partial charge >= 0.3 is 0 Å². The molecule has 170 valence electrons. The second-order valence-corrected chi connectivity index (χ2v) is 10.3. The number of imidazole rings is 1. The van der Waals surface area contributed by atoms with Gasteiger partial charge in [-0.1, -0.05) is 29.8 Å². The van der Waals surface area contributed by atoms with E-state index in [2.05, 4.69) is 15.8 Å². The third-order valence-corrected chi connectivity index (χ3v) is 7.37. The fourth-order valence-electron chi connectivity index (χ4n) is 4.07. The van der Waals surface area contributed by atoms with E-state index >= 15 is 0 Å². The molecule has 32 heavy (non-hydrogen) atoms. The molecule has 1 heterocycles. The minimum atomic E-state index is -3.65. The number of benzene rings is 2. The van der Waals surface area contributed by atoms with Crippen LogP contribution in [0.4, 0.5) is 0 Å². The van der Waals surface area contributed by atoms with Crippen molar-refractivity contribution in [2.75, 3.05) is 13.2 Å². The SMILES string of the molecule is Cn1cnc(S(=O)(=O)NCCOc2ccc3c(c2)[C@@H](Cc2ccc(Cl)cc2)[C@@H](N)CC3)c1. The Bertz CT molecular complexity index is 1180. The molecule has 3 aromatic rings. The summed E-state index contributed by atoms with van der Waals surface area (Å²) in [6, 6.07) is 14.0. The number of halogens is 1. The molecule has 3 N–H and O–H groups in total. The molecule has 0 unspecified atom stereocenters. The minimum absolute atomic E-state index is 0.00666. The third kappa shape index (κ3) is 5.32. The maximum atomic E-state index is 12.3. The molecular weight excluding hydrogens is 448 g/mol. The van der Waals surface area contributed by atoms with E-state index in [4.69, 9.17) is 22.1 Å². The van der Waals surface area contributed by atoms with Gasteiger partial charge in [0.15, 0.2) is 5.03 Å². The van der Waals surface area contributed by atoms with Crippen molar-refractivity contribution in [1.29, 1.82) is 0 Å². The number of sulfonamides is 1. The molecule has 1 aliphatic carbocycles. The van der Waals surface area contributed by atoms with Gasteiger partial charge in [-0.25, -0.2) is 18.1 Å². The normalized spacial score (nSPS) is 18.3. The van der Waals surface area contributed by atoms with E-state index in [-0.39, 0.29) is 30.1 Å². The summed E-state index contributed by atoms with van der Waals surface area (Å²) < 4.78 is 34.5. The van der Waals surface area contributed by atoms with Crippen LogP contribution in [0.15, 0.2) is 60.0 Å². The first-order valence-corrected chi connectivity index (χ1v) is 12.4. The Morgan fingerprint density at radius 2 is 2.03 bits per heavy atom. The quantitative estimate of drug-likeness (QED) is 0.489. The number of nitrogens with zero attached hydrogens (tertiary/aromatic N) is 2. The van der Waals surface area contributed by atoms with Crippen molar-refractivity contribution < 1.29 is 13.2 Å². The Balaban J connectivity index is 1.41. The summed E-state index contributed by atoms with van der Waals surface area (Å²) in [4.78, 5) is 3.88. The maximum absolute atomic E-state index is 12.3. The summed E-state index contributed by atoms with van der Waals surface area (Å²) in [5.74, 6) is 0.891. The first-order chi connectivity index (χ1) is 15.3. The Hall–Kier alpha value is -2.39. The number of fused-ring (bicyclic) bond motifs is 1. The number of ether oxygens (including phenoxy) is 1. The summed E-state index contributed by atoms with van der Waals surface area (Å²) >= 11 is 6.02. The van der Waals surface area contributed by atoms with E-state index in [1.807, 2.05) is 36.4 Å². The molecule has 0 radical (unpaired) electrons. The average Bonchev–Trinajstić information content (AvgIpc) is 3.22. The fourth-order valence-corrected chi connectivity index (χ4v) is 5.19. The zero-order valence-corrected chi connectivity index (χ0v) is 19.4. The van der Waals surface area contributed by atoms with Crippen LogP contribution in [0, 0.1) is 0 Å². The van der Waals surface area contributed by atoms with Crippen LogP contribution in [-0.2, 0) is 29.9 Å². The minimum Gasteiger partial charge on any atom is -0.492 e. The molecule has 0 fully saturated rings. The van der Waals surface area contributed by atoms with E-state index in [9.17, 15) is 8.42 Å². The van der Waals surface area contributed by atoms with Gasteiger partial charge in [0.2, 0.25) is 0 Å². The number of hydrogen-bond acceptors (Lipinski definition) is 5. The van der Waals surface area contributed by atoms with Crippen molar-refractivity contribution >= 4 is 21.6 Å². The monoisotopic (exact) mass is 474 g/mol. The molecule has 0 bridgehead atoms. The molecule has 1 aliphatic rings. The zero-order chi connectivity index (χ0) is 22.7. The number of aromatic nitrogens is 2. The summed E-state index contributed by atoms with van der Waals surface area (Å²) in [7, 11) is -1.93. The number of rotatable bonds is 8. The van der Waals surface area contributed by atoms with Crippen LogP contribution < -0.4 is 15.2 Å². The Labute approximate surface area is 193 Å². The van der Waals surface area contributed by atoms with Crippen molar-refractivity contribution in [2.45, 2.75) is 36.2 Å². The highest BCUT2D eigenvalue weighted by atomic mass is 35.5. The van der Waals surface area contributed by atoms with Gasteiger partial charge in [-0.05, 0) is 60.2 Å². The molecule has 9 heteroatoms. The number of nitrogens with one attached hydrogen (secondary N) is 1. The van der Waals surface area contributed by atoms with Crippen molar-refractivity contribution in [1.82, 2.24) is 14.3 Å². The van der Waals surface area contributed by atoms with Crippen LogP contribution in [-0.4, -0.2) is 37.2 Å². The first-order valence-electron chi connectivity index (χ1n) is 10.5. The van der Waals surface area contributed by atoms with Gasteiger partial charge in [0, 0.05) is 36.8 Å². The predicted octanol–water partition coefficient (Wildman–Crippen LogP) is 3.03. The molecule has 0 spiro atoms. The van der Waals surface area contributed by atoms with Gasteiger partial charge in [-0.3, -0.25) is 0 Å². The van der Waals surface area contributed by atoms with E-state index in [1.54, 1.807) is 11.6 Å².